The van der Waals surface area contributed by atoms with Crippen LogP contribution in [-0.2, 0) is 0 Å². The summed E-state index contributed by atoms with van der Waals surface area (Å²) in [5.41, 5.74) is 1.75. The Labute approximate surface area is 139 Å². The van der Waals surface area contributed by atoms with E-state index >= 15 is 0 Å². The first kappa shape index (κ1) is 14.5. The van der Waals surface area contributed by atoms with E-state index in [0.29, 0.717) is 11.5 Å². The smallest absolute Gasteiger partial charge is 0.161 e. The molecule has 0 atom stereocenters. The lowest BCUT2D eigenvalue weighted by molar-refractivity contribution is 0.355. The summed E-state index contributed by atoms with van der Waals surface area (Å²) in [5.74, 6) is 2.13. The van der Waals surface area contributed by atoms with Crippen molar-refractivity contribution in [2.24, 2.45) is 0 Å². The predicted octanol–water partition coefficient (Wildman–Crippen LogP) is 5.64. The number of benzene rings is 2. The number of hydrogen-bond acceptors (Lipinski definition) is 3. The Balaban J connectivity index is 2.18. The van der Waals surface area contributed by atoms with Crippen LogP contribution >= 0.6 is 31.9 Å². The van der Waals surface area contributed by atoms with Crippen LogP contribution in [0.3, 0.4) is 0 Å². The first-order chi connectivity index (χ1) is 10.1. The van der Waals surface area contributed by atoms with E-state index in [1.165, 1.54) is 0 Å². The Morgan fingerprint density at radius 2 is 1.67 bits per heavy atom. The fraction of sp³-hybridized carbons (Fsp3) is 0.125. The molecule has 0 aliphatic carbocycles. The quantitative estimate of drug-likeness (QED) is 0.558. The summed E-state index contributed by atoms with van der Waals surface area (Å²) in [7, 11) is 3.23. The minimum Gasteiger partial charge on any atom is -0.493 e. The van der Waals surface area contributed by atoms with Gasteiger partial charge < -0.3 is 13.9 Å². The first-order valence-corrected chi connectivity index (χ1v) is 7.82. The van der Waals surface area contributed by atoms with Gasteiger partial charge in [-0.3, -0.25) is 0 Å². The number of ether oxygens (including phenoxy) is 2. The molecule has 0 radical (unpaired) electrons. The molecule has 0 amide bonds. The summed E-state index contributed by atoms with van der Waals surface area (Å²) in [4.78, 5) is 0. The van der Waals surface area contributed by atoms with Gasteiger partial charge in [0.1, 0.15) is 11.3 Å². The molecular weight excluding hydrogens is 400 g/mol. The zero-order valence-electron chi connectivity index (χ0n) is 11.4. The average molecular weight is 412 g/mol. The van der Waals surface area contributed by atoms with Crippen molar-refractivity contribution in [2.45, 2.75) is 0 Å². The van der Waals surface area contributed by atoms with Crippen LogP contribution in [-0.4, -0.2) is 14.2 Å². The maximum atomic E-state index is 5.95. The molecule has 0 bridgehead atoms. The number of fused-ring (bicyclic) bond motifs is 1. The van der Waals surface area contributed by atoms with Gasteiger partial charge in [0, 0.05) is 15.4 Å². The van der Waals surface area contributed by atoms with Crippen molar-refractivity contribution in [1.82, 2.24) is 0 Å². The van der Waals surface area contributed by atoms with Crippen LogP contribution < -0.4 is 9.47 Å². The number of rotatable bonds is 3. The Kier molecular flexibility index (Phi) is 3.95. The average Bonchev–Trinajstić information content (AvgIpc) is 2.83. The molecule has 1 heterocycles. The highest BCUT2D eigenvalue weighted by atomic mass is 79.9. The second-order valence-corrected chi connectivity index (χ2v) is 6.16. The van der Waals surface area contributed by atoms with Crippen LogP contribution in [0, 0.1) is 0 Å². The summed E-state index contributed by atoms with van der Waals surface area (Å²) in [6, 6.07) is 11.6. The maximum Gasteiger partial charge on any atom is 0.161 e. The topological polar surface area (TPSA) is 31.6 Å². The van der Waals surface area contributed by atoms with Gasteiger partial charge in [0.05, 0.1) is 18.7 Å². The van der Waals surface area contributed by atoms with Crippen LogP contribution in [0.2, 0.25) is 0 Å². The molecular formula is C16H12Br2O3. The third-order valence-corrected chi connectivity index (χ3v) is 4.52. The highest BCUT2D eigenvalue weighted by Crippen LogP contribution is 2.41. The Hall–Kier alpha value is -1.46. The molecule has 0 spiro atoms. The molecule has 0 aliphatic rings. The molecule has 0 fully saturated rings. The molecule has 0 aliphatic heterocycles. The number of methoxy groups -OCH3 is 2. The van der Waals surface area contributed by atoms with Crippen molar-refractivity contribution in [1.29, 1.82) is 0 Å². The molecule has 0 saturated heterocycles. The van der Waals surface area contributed by atoms with Crippen molar-refractivity contribution in [3.8, 4) is 22.8 Å². The largest absolute Gasteiger partial charge is 0.493 e. The molecule has 0 saturated carbocycles. The second-order valence-electron chi connectivity index (χ2n) is 4.46. The fourth-order valence-corrected chi connectivity index (χ4v) is 3.18. The molecule has 2 aromatic carbocycles. The van der Waals surface area contributed by atoms with Gasteiger partial charge in [-0.05, 0) is 52.3 Å². The number of halogens is 2. The van der Waals surface area contributed by atoms with Crippen molar-refractivity contribution < 1.29 is 13.9 Å². The summed E-state index contributed by atoms with van der Waals surface area (Å²) < 4.78 is 18.5. The van der Waals surface area contributed by atoms with Gasteiger partial charge in [-0.2, -0.15) is 0 Å². The van der Waals surface area contributed by atoms with Gasteiger partial charge in [-0.1, -0.05) is 15.9 Å². The maximum absolute atomic E-state index is 5.95. The predicted molar refractivity (Wildman–Crippen MR) is 90.2 cm³/mol. The first-order valence-electron chi connectivity index (χ1n) is 6.24. The number of hydrogen-bond donors (Lipinski definition) is 0. The van der Waals surface area contributed by atoms with E-state index in [2.05, 4.69) is 31.9 Å². The van der Waals surface area contributed by atoms with E-state index in [-0.39, 0.29) is 0 Å². The molecule has 21 heavy (non-hydrogen) atoms. The van der Waals surface area contributed by atoms with Crippen molar-refractivity contribution in [3.05, 3.63) is 45.3 Å². The summed E-state index contributed by atoms with van der Waals surface area (Å²) in [5, 5.41) is 1.02. The third-order valence-electron chi connectivity index (χ3n) is 3.24. The molecule has 3 aromatic rings. The zero-order valence-corrected chi connectivity index (χ0v) is 14.6. The lowest BCUT2D eigenvalue weighted by Gasteiger charge is -2.08. The monoisotopic (exact) mass is 410 g/mol. The Morgan fingerprint density at radius 1 is 0.905 bits per heavy atom. The molecule has 0 unspecified atom stereocenters. The van der Waals surface area contributed by atoms with Crippen LogP contribution in [0.1, 0.15) is 0 Å². The van der Waals surface area contributed by atoms with E-state index in [4.69, 9.17) is 13.9 Å². The van der Waals surface area contributed by atoms with E-state index in [1.54, 1.807) is 14.2 Å². The molecule has 0 N–H and O–H groups in total. The van der Waals surface area contributed by atoms with Gasteiger partial charge >= 0.3 is 0 Å². The second kappa shape index (κ2) is 5.73. The fourth-order valence-electron chi connectivity index (χ4n) is 2.20. The third kappa shape index (κ3) is 2.56. The van der Waals surface area contributed by atoms with Crippen LogP contribution in [0.4, 0.5) is 0 Å². The van der Waals surface area contributed by atoms with E-state index < -0.39 is 0 Å². The van der Waals surface area contributed by atoms with Crippen LogP contribution in [0.25, 0.3) is 22.3 Å². The number of furan rings is 1. The van der Waals surface area contributed by atoms with Crippen molar-refractivity contribution in [3.63, 3.8) is 0 Å². The zero-order chi connectivity index (χ0) is 15.0. The normalized spacial score (nSPS) is 10.9. The van der Waals surface area contributed by atoms with E-state index in [1.807, 2.05) is 36.4 Å². The van der Waals surface area contributed by atoms with Crippen molar-refractivity contribution in [2.75, 3.05) is 14.2 Å². The summed E-state index contributed by atoms with van der Waals surface area (Å²) in [6.45, 7) is 0. The Morgan fingerprint density at radius 3 is 2.38 bits per heavy atom. The lowest BCUT2D eigenvalue weighted by atomic mass is 10.1. The molecule has 1 aromatic heterocycles. The minimum atomic E-state index is 0.670. The highest BCUT2D eigenvalue weighted by Gasteiger charge is 2.16. The van der Waals surface area contributed by atoms with E-state index in [9.17, 15) is 0 Å². The summed E-state index contributed by atoms with van der Waals surface area (Å²) in [6.07, 6.45) is 0. The standard InChI is InChI=1S/C16H12Br2O3/c1-19-13-5-3-9(7-14(13)20-2)16-15(18)11-8-10(17)4-6-12(11)21-16/h3-8H,1-2H3. The van der Waals surface area contributed by atoms with E-state index in [0.717, 1.165) is 31.2 Å². The summed E-state index contributed by atoms with van der Waals surface area (Å²) >= 11 is 7.09. The highest BCUT2D eigenvalue weighted by molar-refractivity contribution is 9.11. The SMILES string of the molecule is COc1ccc(-c2oc3ccc(Br)cc3c2Br)cc1OC. The van der Waals surface area contributed by atoms with Crippen molar-refractivity contribution >= 4 is 42.8 Å². The van der Waals surface area contributed by atoms with Gasteiger partial charge in [-0.25, -0.2) is 0 Å². The van der Waals surface area contributed by atoms with Gasteiger partial charge in [0.25, 0.3) is 0 Å². The van der Waals surface area contributed by atoms with Gasteiger partial charge in [0.2, 0.25) is 0 Å². The van der Waals surface area contributed by atoms with Crippen LogP contribution in [0.5, 0.6) is 11.5 Å². The Bertz CT molecular complexity index is 809. The van der Waals surface area contributed by atoms with Crippen LogP contribution in [0.15, 0.2) is 49.8 Å². The molecule has 108 valence electrons. The molecule has 3 nitrogen and oxygen atoms in total. The van der Waals surface area contributed by atoms with Gasteiger partial charge in [-0.15, -0.1) is 0 Å². The lowest BCUT2D eigenvalue weighted by Crippen LogP contribution is -1.90. The molecule has 3 rings (SSSR count). The minimum absolute atomic E-state index is 0.670. The molecule has 5 heteroatoms. The van der Waals surface area contributed by atoms with Gasteiger partial charge in [0.15, 0.2) is 11.5 Å².